The predicted octanol–water partition coefficient (Wildman–Crippen LogP) is 19.0. The lowest BCUT2D eigenvalue weighted by Crippen LogP contribution is -2.58. The fourth-order valence-electron chi connectivity index (χ4n) is 18.4. The SMILES string of the molecule is C=CC(=O)N1CC(C)N(c2nc(=O)n(-c3c(C(C)C)nc(C)nc3C(C)C)c3nc(-c4ccccc4F)c(Cl)cc23)CC1C.C=CC(=O)N1CC(C)N(c2nc(=O)n(-c3c(N(C)C)ccnc3C(C)C)c3nc(-c4ccccc4C(C)C)c(Cl)cc23)CC1C.C=CC(=O)N1CC(C)N(c2nc(=O)n(-c3c(N(CC)CC)ccnc3C(C)C)c3nc(-c4ccccc4C)c(Cl)cc23)CC1C. The third-order valence-corrected chi connectivity index (χ3v) is 26.1. The molecule has 3 aromatic carbocycles. The number of carbonyl (C=O) groups excluding carboxylic acids is 3. The van der Waals surface area contributed by atoms with E-state index in [1.165, 1.54) is 28.9 Å². The van der Waals surface area contributed by atoms with Gasteiger partial charge in [0.1, 0.15) is 29.1 Å². The van der Waals surface area contributed by atoms with E-state index >= 15 is 4.39 Å². The number of pyridine rings is 5. The van der Waals surface area contributed by atoms with Crippen LogP contribution >= 0.6 is 34.8 Å². The van der Waals surface area contributed by atoms with Crippen LogP contribution in [0.15, 0.2) is 168 Å². The molecule has 3 aliphatic rings. The van der Waals surface area contributed by atoms with E-state index < -0.39 is 22.9 Å². The van der Waals surface area contributed by atoms with Crippen LogP contribution in [-0.4, -0.2) is 199 Å². The molecular weight excluding hydrogens is 1750 g/mol. The highest BCUT2D eigenvalue weighted by atomic mass is 35.5. The van der Waals surface area contributed by atoms with Crippen LogP contribution in [0.5, 0.6) is 0 Å². The summed E-state index contributed by atoms with van der Waals surface area (Å²) in [6.45, 7) is 55.8. The highest BCUT2D eigenvalue weighted by Gasteiger charge is 2.40. The van der Waals surface area contributed by atoms with Crippen LogP contribution in [0.25, 0.3) is 83.9 Å². The molecule has 27 nitrogen and oxygen atoms in total. The minimum atomic E-state index is -0.567. The summed E-state index contributed by atoms with van der Waals surface area (Å²) in [5.74, 6) is 1.28. The van der Waals surface area contributed by atoms with Gasteiger partial charge in [0.05, 0.1) is 99.5 Å². The Kier molecular flexibility index (Phi) is 30.3. The fourth-order valence-corrected chi connectivity index (χ4v) is 19.2. The normalized spacial score (nSPS) is 17.0. The molecule has 6 atom stereocenters. The zero-order valence-electron chi connectivity index (χ0n) is 80.7. The van der Waals surface area contributed by atoms with Crippen molar-refractivity contribution in [3.63, 3.8) is 0 Å². The van der Waals surface area contributed by atoms with E-state index in [1.54, 1.807) is 60.5 Å². The molecule has 3 fully saturated rings. The standard InChI is InChI=1S/2C35H42ClN7O2.C33H37ClFN7O2/c1-10-29(44)41-18-23(7)42(19-22(41)6)33-26-17-27(36)31(25-14-12-11-13-24(25)20(2)3)38-34(26)43(35(45)39-33)32-28(40(8)9)15-16-37-30(32)21(4)5;1-9-29(44)41-19-24(8)42(20-23(41)7)33-26-18-27(36)31(25-15-13-12-14-22(25)6)38-34(26)43(35(45)39-33)32-28(40(10-2)11-3)16-17-37-30(32)21(4)5;1-9-26(43)40-15-20(7)41(16-19(40)6)31-23-14-24(34)29(22-12-10-11-13-25(22)35)38-32(23)42(33(44)39-31)30-27(17(2)3)36-21(8)37-28(30)18(4)5/h10-17,20-23H,1,18-19H2,2-9H3;9,12-18,21,23-24H,1,10-11,19-20H2,2-8H3;9-14,17-20H,1,15-16H2,2-8H3. The number of rotatable bonds is 21. The van der Waals surface area contributed by atoms with Crippen LogP contribution in [0.1, 0.15) is 194 Å². The molecule has 9 aromatic heterocycles. The van der Waals surface area contributed by atoms with Crippen LogP contribution in [0.4, 0.5) is 33.2 Å². The van der Waals surface area contributed by atoms with E-state index in [9.17, 15) is 28.8 Å². The van der Waals surface area contributed by atoms with Gasteiger partial charge in [0.15, 0.2) is 16.9 Å². The van der Waals surface area contributed by atoms with Crippen LogP contribution < -0.4 is 41.6 Å². The number of halogens is 4. The lowest BCUT2D eigenvalue weighted by Gasteiger charge is -2.44. The van der Waals surface area contributed by atoms with Gasteiger partial charge in [-0.3, -0.25) is 24.4 Å². The second-order valence-electron chi connectivity index (χ2n) is 36.6. The Hall–Kier alpha value is -12.7. The zero-order valence-corrected chi connectivity index (χ0v) is 83.0. The average Bonchev–Trinajstić information content (AvgIpc) is 0.737. The Morgan fingerprint density at radius 3 is 1.12 bits per heavy atom. The maximum atomic E-state index is 15.1. The van der Waals surface area contributed by atoms with E-state index in [0.29, 0.717) is 140 Å². The van der Waals surface area contributed by atoms with Crippen LogP contribution in [0.2, 0.25) is 15.1 Å². The first kappa shape index (κ1) is 98.8. The van der Waals surface area contributed by atoms with E-state index in [-0.39, 0.29) is 105 Å². The molecule has 0 aliphatic carbocycles. The minimum absolute atomic E-state index is 0.0197. The quantitative estimate of drug-likeness (QED) is 0.0605. The van der Waals surface area contributed by atoms with Crippen molar-refractivity contribution in [2.75, 3.05) is 91.0 Å². The molecule has 0 saturated carbocycles. The highest BCUT2D eigenvalue weighted by molar-refractivity contribution is 6.35. The summed E-state index contributed by atoms with van der Waals surface area (Å²) >= 11 is 21.0. The zero-order chi connectivity index (χ0) is 97.3. The van der Waals surface area contributed by atoms with Gasteiger partial charge in [-0.05, 0) is 171 Å². The monoisotopic (exact) mass is 1870 g/mol. The van der Waals surface area contributed by atoms with Gasteiger partial charge in [-0.2, -0.15) is 15.0 Å². The average molecular weight is 1870 g/mol. The Morgan fingerprint density at radius 1 is 0.425 bits per heavy atom. The van der Waals surface area contributed by atoms with Gasteiger partial charge in [0.2, 0.25) is 17.7 Å². The summed E-state index contributed by atoms with van der Waals surface area (Å²) in [6, 6.07) is 30.7. The summed E-state index contributed by atoms with van der Waals surface area (Å²) in [4.78, 5) is 145. The van der Waals surface area contributed by atoms with E-state index in [4.69, 9.17) is 79.7 Å². The maximum absolute atomic E-state index is 15.1. The predicted molar refractivity (Wildman–Crippen MR) is 540 cm³/mol. The molecule has 0 bridgehead atoms. The molecule has 0 N–H and O–H groups in total. The summed E-state index contributed by atoms with van der Waals surface area (Å²) < 4.78 is 19.8. The molecule has 12 aromatic rings. The van der Waals surface area contributed by atoms with Gasteiger partial charge in [-0.1, -0.05) is 184 Å². The summed E-state index contributed by atoms with van der Waals surface area (Å²) in [7, 11) is 3.89. The summed E-state index contributed by atoms with van der Waals surface area (Å²) in [5.41, 5.74) is 11.7. The second-order valence-corrected chi connectivity index (χ2v) is 37.8. The Bertz CT molecular complexity index is 6690. The Labute approximate surface area is 798 Å². The van der Waals surface area contributed by atoms with Gasteiger partial charge in [0.25, 0.3) is 0 Å². The largest absolute Gasteiger partial charge is 0.376 e. The second kappa shape index (κ2) is 41.0. The number of anilines is 5. The Morgan fingerprint density at radius 2 is 0.761 bits per heavy atom. The van der Waals surface area contributed by atoms with Crippen molar-refractivity contribution < 1.29 is 18.8 Å². The van der Waals surface area contributed by atoms with Crippen LogP contribution in [0.3, 0.4) is 0 Å². The van der Waals surface area contributed by atoms with Crippen molar-refractivity contribution in [3.8, 4) is 50.8 Å². The molecule has 134 heavy (non-hydrogen) atoms. The number of hydrogen-bond acceptors (Lipinski definition) is 21. The summed E-state index contributed by atoms with van der Waals surface area (Å²) in [5, 5.41) is 2.96. The van der Waals surface area contributed by atoms with Crippen molar-refractivity contribution in [1.82, 2.24) is 78.2 Å². The molecule has 15 rings (SSSR count). The molecule has 3 amide bonds. The van der Waals surface area contributed by atoms with Gasteiger partial charge in [-0.25, -0.2) is 57.4 Å². The van der Waals surface area contributed by atoms with E-state index in [2.05, 4.69) is 101 Å². The third kappa shape index (κ3) is 19.3. The minimum Gasteiger partial charge on any atom is -0.376 e. The molecular formula is C103H121Cl3FN21O6. The first-order valence-electron chi connectivity index (χ1n) is 45.9. The van der Waals surface area contributed by atoms with Crippen molar-refractivity contribution in [3.05, 3.63) is 246 Å². The van der Waals surface area contributed by atoms with Gasteiger partial charge >= 0.3 is 17.1 Å². The number of nitrogens with zero attached hydrogens (tertiary/aromatic N) is 21. The van der Waals surface area contributed by atoms with Gasteiger partial charge in [-0.15, -0.1) is 0 Å². The first-order chi connectivity index (χ1) is 63.7. The van der Waals surface area contributed by atoms with Crippen LogP contribution in [-0.2, 0) is 14.4 Å². The van der Waals surface area contributed by atoms with Crippen LogP contribution in [0, 0.1) is 19.7 Å². The first-order valence-corrected chi connectivity index (χ1v) is 47.0. The van der Waals surface area contributed by atoms with E-state index in [1.807, 2.05) is 174 Å². The van der Waals surface area contributed by atoms with E-state index in [0.717, 1.165) is 58.1 Å². The number of aromatic nitrogens is 13. The van der Waals surface area contributed by atoms with Gasteiger partial charge < -0.3 is 39.2 Å². The Balaban J connectivity index is 0.000000170. The maximum Gasteiger partial charge on any atom is 0.355 e. The molecule has 3 saturated heterocycles. The lowest BCUT2D eigenvalue weighted by atomic mass is 9.95. The number of piperazine rings is 3. The third-order valence-electron chi connectivity index (χ3n) is 25.3. The lowest BCUT2D eigenvalue weighted by molar-refractivity contribution is -0.129. The molecule has 0 spiro atoms. The number of aryl methyl sites for hydroxylation is 2. The highest BCUT2D eigenvalue weighted by Crippen LogP contribution is 2.44. The fraction of sp³-hybridized carbons (Fsp3) is 0.398. The topological polar surface area (TPSA) is 272 Å². The summed E-state index contributed by atoms with van der Waals surface area (Å²) in [6.07, 6.45) is 7.57. The smallest absolute Gasteiger partial charge is 0.355 e. The molecule has 702 valence electrons. The van der Waals surface area contributed by atoms with Crippen molar-refractivity contribution in [2.24, 2.45) is 0 Å². The molecule has 0 radical (unpaired) electrons. The molecule has 12 heterocycles. The molecule has 6 unspecified atom stereocenters. The molecule has 31 heteroatoms. The number of amides is 3. The van der Waals surface area contributed by atoms with Crippen molar-refractivity contribution >= 4 is 114 Å². The number of fused-ring (bicyclic) bond motifs is 3. The number of hydrogen-bond donors (Lipinski definition) is 0. The van der Waals surface area contributed by atoms with Crippen molar-refractivity contribution in [1.29, 1.82) is 0 Å². The van der Waals surface area contributed by atoms with Crippen molar-refractivity contribution in [2.45, 2.75) is 204 Å². The van der Waals surface area contributed by atoms with Gasteiger partial charge in [0, 0.05) is 132 Å². The number of carbonyl (C=O) groups is 3. The molecule has 3 aliphatic heterocycles. The number of benzene rings is 3.